The van der Waals surface area contributed by atoms with Crippen LogP contribution in [0.25, 0.3) is 0 Å². The Morgan fingerprint density at radius 3 is 2.67 bits per heavy atom. The molecule has 2 atom stereocenters. The molecule has 0 aromatic carbocycles. The number of halogens is 3. The topological polar surface area (TPSA) is 50.9 Å². The first-order valence-electron chi connectivity index (χ1n) is 5.95. The molecule has 0 spiro atoms. The zero-order valence-corrected chi connectivity index (χ0v) is 10.1. The van der Waals surface area contributed by atoms with Gasteiger partial charge in [-0.15, -0.1) is 0 Å². The van der Waals surface area contributed by atoms with E-state index in [0.717, 1.165) is 31.5 Å². The zero-order valence-electron chi connectivity index (χ0n) is 10.1. The lowest BCUT2D eigenvalue weighted by Crippen LogP contribution is -2.18. The van der Waals surface area contributed by atoms with Gasteiger partial charge in [-0.1, -0.05) is 6.92 Å². The Balaban J connectivity index is 2.16. The number of nitrogens with two attached hydrogens (primary N) is 1. The summed E-state index contributed by atoms with van der Waals surface area (Å²) in [7, 11) is 0. The minimum Gasteiger partial charge on any atom is -0.396 e. The summed E-state index contributed by atoms with van der Waals surface area (Å²) >= 11 is 0. The lowest BCUT2D eigenvalue weighted by atomic mass is 10.1. The van der Waals surface area contributed by atoms with Gasteiger partial charge in [0.05, 0.1) is 17.6 Å². The average Bonchev–Trinajstić information content (AvgIpc) is 2.66. The van der Waals surface area contributed by atoms with Crippen LogP contribution in [0, 0.1) is 5.92 Å². The summed E-state index contributed by atoms with van der Waals surface area (Å²) in [5, 5.41) is 3.09. The second kappa shape index (κ2) is 4.66. The highest BCUT2D eigenvalue weighted by molar-refractivity contribution is 5.65. The molecule has 0 radical (unpaired) electrons. The SMILES string of the molecule is CC1CCC(Nc2cc(C(F)(F)F)ncc2N)C1. The third-order valence-corrected chi connectivity index (χ3v) is 3.28. The molecular weight excluding hydrogens is 243 g/mol. The van der Waals surface area contributed by atoms with E-state index >= 15 is 0 Å². The van der Waals surface area contributed by atoms with Gasteiger partial charge in [-0.05, 0) is 31.2 Å². The van der Waals surface area contributed by atoms with E-state index in [2.05, 4.69) is 17.2 Å². The number of rotatable bonds is 2. The van der Waals surface area contributed by atoms with Gasteiger partial charge in [0.2, 0.25) is 0 Å². The number of anilines is 2. The van der Waals surface area contributed by atoms with E-state index in [-0.39, 0.29) is 11.7 Å². The fraction of sp³-hybridized carbons (Fsp3) is 0.583. The number of nitrogen functional groups attached to an aromatic ring is 1. The van der Waals surface area contributed by atoms with Crippen LogP contribution in [0.1, 0.15) is 31.9 Å². The monoisotopic (exact) mass is 259 g/mol. The molecule has 18 heavy (non-hydrogen) atoms. The Labute approximate surface area is 104 Å². The molecule has 1 aliphatic rings. The van der Waals surface area contributed by atoms with Gasteiger partial charge in [0.1, 0.15) is 5.69 Å². The Morgan fingerprint density at radius 1 is 1.39 bits per heavy atom. The number of pyridine rings is 1. The quantitative estimate of drug-likeness (QED) is 0.857. The molecule has 2 unspecified atom stereocenters. The summed E-state index contributed by atoms with van der Waals surface area (Å²) in [5.41, 5.74) is 5.32. The van der Waals surface area contributed by atoms with Crippen molar-refractivity contribution < 1.29 is 13.2 Å². The minimum atomic E-state index is -4.44. The zero-order chi connectivity index (χ0) is 13.3. The Morgan fingerprint density at radius 2 is 2.11 bits per heavy atom. The third kappa shape index (κ3) is 2.86. The van der Waals surface area contributed by atoms with Crippen molar-refractivity contribution in [3.63, 3.8) is 0 Å². The molecule has 3 N–H and O–H groups in total. The molecule has 1 aromatic heterocycles. The average molecular weight is 259 g/mol. The van der Waals surface area contributed by atoms with Gasteiger partial charge in [-0.25, -0.2) is 4.98 Å². The Bertz CT molecular complexity index is 431. The highest BCUT2D eigenvalue weighted by atomic mass is 19.4. The van der Waals surface area contributed by atoms with Crippen molar-refractivity contribution in [1.29, 1.82) is 0 Å². The van der Waals surface area contributed by atoms with Crippen molar-refractivity contribution in [2.45, 2.75) is 38.4 Å². The van der Waals surface area contributed by atoms with E-state index in [1.54, 1.807) is 0 Å². The maximum atomic E-state index is 12.5. The van der Waals surface area contributed by atoms with Crippen LogP contribution in [0.15, 0.2) is 12.3 Å². The first-order valence-corrected chi connectivity index (χ1v) is 5.95. The molecular formula is C12H16F3N3. The Hall–Kier alpha value is -1.46. The minimum absolute atomic E-state index is 0.200. The van der Waals surface area contributed by atoms with E-state index < -0.39 is 11.9 Å². The van der Waals surface area contributed by atoms with Gasteiger partial charge in [0, 0.05) is 6.04 Å². The normalized spacial score (nSPS) is 24.2. The van der Waals surface area contributed by atoms with Crippen LogP contribution >= 0.6 is 0 Å². The first kappa shape index (κ1) is 13.0. The van der Waals surface area contributed by atoms with E-state index in [1.165, 1.54) is 0 Å². The van der Waals surface area contributed by atoms with Gasteiger partial charge >= 0.3 is 6.18 Å². The maximum absolute atomic E-state index is 12.5. The largest absolute Gasteiger partial charge is 0.433 e. The second-order valence-electron chi connectivity index (χ2n) is 4.91. The molecule has 0 aliphatic heterocycles. The molecule has 1 heterocycles. The van der Waals surface area contributed by atoms with Crippen molar-refractivity contribution in [1.82, 2.24) is 4.98 Å². The number of hydrogen-bond donors (Lipinski definition) is 2. The van der Waals surface area contributed by atoms with Crippen LogP contribution in [-0.4, -0.2) is 11.0 Å². The fourth-order valence-electron chi connectivity index (χ4n) is 2.30. The van der Waals surface area contributed by atoms with Crippen LogP contribution in [0.5, 0.6) is 0 Å². The van der Waals surface area contributed by atoms with Crippen LogP contribution in [0.4, 0.5) is 24.5 Å². The lowest BCUT2D eigenvalue weighted by Gasteiger charge is -2.17. The number of aromatic nitrogens is 1. The van der Waals surface area contributed by atoms with E-state index in [4.69, 9.17) is 5.73 Å². The summed E-state index contributed by atoms with van der Waals surface area (Å²) in [6.07, 6.45) is -0.362. The smallest absolute Gasteiger partial charge is 0.396 e. The van der Waals surface area contributed by atoms with Gasteiger partial charge in [0.15, 0.2) is 0 Å². The van der Waals surface area contributed by atoms with Crippen LogP contribution in [0.3, 0.4) is 0 Å². The number of nitrogens with one attached hydrogen (secondary N) is 1. The molecule has 2 rings (SSSR count). The second-order valence-corrected chi connectivity index (χ2v) is 4.91. The van der Waals surface area contributed by atoms with Crippen LogP contribution in [-0.2, 0) is 6.18 Å². The molecule has 1 aromatic rings. The summed E-state index contributed by atoms with van der Waals surface area (Å²) in [6, 6.07) is 1.18. The summed E-state index contributed by atoms with van der Waals surface area (Å²) in [6.45, 7) is 2.14. The molecule has 100 valence electrons. The molecule has 0 amide bonds. The van der Waals surface area contributed by atoms with E-state index in [1.807, 2.05) is 0 Å². The number of alkyl halides is 3. The molecule has 0 saturated heterocycles. The highest BCUT2D eigenvalue weighted by Crippen LogP contribution is 2.33. The van der Waals surface area contributed by atoms with Crippen molar-refractivity contribution >= 4 is 11.4 Å². The van der Waals surface area contributed by atoms with Gasteiger partial charge in [0.25, 0.3) is 0 Å². The molecule has 3 nitrogen and oxygen atoms in total. The Kier molecular flexibility index (Phi) is 3.36. The van der Waals surface area contributed by atoms with Crippen LogP contribution in [0.2, 0.25) is 0 Å². The molecule has 6 heteroatoms. The van der Waals surface area contributed by atoms with Gasteiger partial charge < -0.3 is 11.1 Å². The number of nitrogens with zero attached hydrogens (tertiary/aromatic N) is 1. The first-order chi connectivity index (χ1) is 8.36. The summed E-state index contributed by atoms with van der Waals surface area (Å²) in [5.74, 6) is 0.604. The van der Waals surface area contributed by atoms with Crippen molar-refractivity contribution in [3.8, 4) is 0 Å². The van der Waals surface area contributed by atoms with Gasteiger partial charge in [-0.2, -0.15) is 13.2 Å². The lowest BCUT2D eigenvalue weighted by molar-refractivity contribution is -0.141. The molecule has 1 fully saturated rings. The van der Waals surface area contributed by atoms with Crippen molar-refractivity contribution in [3.05, 3.63) is 18.0 Å². The van der Waals surface area contributed by atoms with E-state index in [9.17, 15) is 13.2 Å². The van der Waals surface area contributed by atoms with Crippen molar-refractivity contribution in [2.24, 2.45) is 5.92 Å². The summed E-state index contributed by atoms with van der Waals surface area (Å²) in [4.78, 5) is 3.31. The molecule has 1 saturated carbocycles. The van der Waals surface area contributed by atoms with E-state index in [0.29, 0.717) is 11.6 Å². The van der Waals surface area contributed by atoms with Crippen LogP contribution < -0.4 is 11.1 Å². The predicted molar refractivity (Wildman–Crippen MR) is 64.1 cm³/mol. The van der Waals surface area contributed by atoms with Gasteiger partial charge in [-0.3, -0.25) is 0 Å². The molecule has 0 bridgehead atoms. The maximum Gasteiger partial charge on any atom is 0.433 e. The predicted octanol–water partition coefficient (Wildman–Crippen LogP) is 3.28. The fourth-order valence-corrected chi connectivity index (χ4v) is 2.30. The third-order valence-electron chi connectivity index (χ3n) is 3.28. The standard InChI is InChI=1S/C12H16F3N3/c1-7-2-3-8(4-7)18-10-5-11(12(13,14)15)17-6-9(10)16/h5-8H,2-4,16H2,1H3,(H,17,18). The number of hydrogen-bond acceptors (Lipinski definition) is 3. The van der Waals surface area contributed by atoms with Crippen molar-refractivity contribution in [2.75, 3.05) is 11.1 Å². The molecule has 1 aliphatic carbocycles. The highest BCUT2D eigenvalue weighted by Gasteiger charge is 2.33. The summed E-state index contributed by atoms with van der Waals surface area (Å²) < 4.78 is 37.6.